The number of nitrogens with two attached hydrogens (primary N) is 1. The van der Waals surface area contributed by atoms with Crippen LogP contribution in [0.3, 0.4) is 0 Å². The highest BCUT2D eigenvalue weighted by atomic mass is 35.5. The van der Waals surface area contributed by atoms with E-state index in [1.807, 2.05) is 0 Å². The molecule has 1 unspecified atom stereocenters. The van der Waals surface area contributed by atoms with E-state index in [2.05, 4.69) is 9.41 Å². The van der Waals surface area contributed by atoms with E-state index in [9.17, 15) is 9.90 Å². The molecule has 0 aromatic carbocycles. The summed E-state index contributed by atoms with van der Waals surface area (Å²) < 4.78 is 5.61. The number of allylic oxidation sites excluding steroid dienone is 1. The van der Waals surface area contributed by atoms with E-state index in [4.69, 9.17) is 17.5 Å². The number of hydrogen-bond acceptors (Lipinski definition) is 6. The molecule has 6 nitrogen and oxygen atoms in total. The van der Waals surface area contributed by atoms with Crippen molar-refractivity contribution in [3.63, 3.8) is 0 Å². The van der Waals surface area contributed by atoms with Crippen LogP contribution in [-0.2, 0) is 4.79 Å². The van der Waals surface area contributed by atoms with Gasteiger partial charge in [0.1, 0.15) is 5.71 Å². The van der Waals surface area contributed by atoms with Crippen molar-refractivity contribution in [3.05, 3.63) is 23.6 Å². The predicted octanol–water partition coefficient (Wildman–Crippen LogP) is 0.201. The number of carbonyl (C=O) groups excluding carboxylic acids is 1. The van der Waals surface area contributed by atoms with E-state index in [0.717, 1.165) is 4.42 Å². The van der Waals surface area contributed by atoms with Gasteiger partial charge in [-0.2, -0.15) is 0 Å². The molecule has 2 heterocycles. The number of aromatic hydroxyl groups is 1. The van der Waals surface area contributed by atoms with Crippen LogP contribution in [0.15, 0.2) is 27.4 Å². The largest absolute Gasteiger partial charge is 0.480 e. The third-order valence-corrected chi connectivity index (χ3v) is 2.30. The first-order valence-electron chi connectivity index (χ1n) is 3.96. The number of hydrogen-bond donors (Lipinski definition) is 2. The van der Waals surface area contributed by atoms with Gasteiger partial charge in [0.25, 0.3) is 5.95 Å². The number of aliphatic imine (C=N–C) groups is 1. The van der Waals surface area contributed by atoms with Crippen LogP contribution >= 0.6 is 11.8 Å². The molecule has 0 radical (unpaired) electrons. The lowest BCUT2D eigenvalue weighted by molar-refractivity contribution is 0.332. The van der Waals surface area contributed by atoms with Crippen molar-refractivity contribution >= 4 is 23.4 Å². The fourth-order valence-electron chi connectivity index (χ4n) is 1.25. The van der Waals surface area contributed by atoms with Crippen LogP contribution in [0.2, 0.25) is 0 Å². The van der Waals surface area contributed by atoms with Crippen LogP contribution in [0.4, 0.5) is 0 Å². The molecule has 0 saturated heterocycles. The first-order chi connectivity index (χ1) is 7.15. The first kappa shape index (κ1) is 9.79. The standard InChI is InChI=1S/C8H6ClN3O3/c9-12-5(3-13)6(11-8(12)10)4-1-2-15-7(4)14/h1-2,8,14H,10H2. The minimum atomic E-state index is -0.868. The molecular weight excluding hydrogens is 222 g/mol. The average molecular weight is 228 g/mol. The van der Waals surface area contributed by atoms with E-state index in [-0.39, 0.29) is 22.9 Å². The fraction of sp³-hybridized carbons (Fsp3) is 0.125. The molecule has 0 spiro atoms. The Bertz CT molecular complexity index is 475. The zero-order chi connectivity index (χ0) is 11.0. The summed E-state index contributed by atoms with van der Waals surface area (Å²) in [5.74, 6) is 1.26. The predicted molar refractivity (Wildman–Crippen MR) is 51.8 cm³/mol. The van der Waals surface area contributed by atoms with Gasteiger partial charge in [-0.15, -0.1) is 0 Å². The third-order valence-electron chi connectivity index (χ3n) is 1.93. The molecule has 1 aromatic heterocycles. The van der Waals surface area contributed by atoms with Crippen molar-refractivity contribution in [1.29, 1.82) is 0 Å². The molecule has 0 bridgehead atoms. The minimum Gasteiger partial charge on any atom is -0.480 e. The second-order valence-corrected chi connectivity index (χ2v) is 3.16. The summed E-state index contributed by atoms with van der Waals surface area (Å²) in [6.45, 7) is 0. The fourth-order valence-corrected chi connectivity index (χ4v) is 1.41. The molecule has 0 amide bonds. The molecule has 1 atom stereocenters. The van der Waals surface area contributed by atoms with E-state index in [1.165, 1.54) is 12.3 Å². The lowest BCUT2D eigenvalue weighted by Gasteiger charge is -2.10. The summed E-state index contributed by atoms with van der Waals surface area (Å²) in [4.78, 5) is 14.5. The Morgan fingerprint density at radius 1 is 1.73 bits per heavy atom. The van der Waals surface area contributed by atoms with Crippen LogP contribution in [0, 0.1) is 0 Å². The lowest BCUT2D eigenvalue weighted by atomic mass is 10.1. The van der Waals surface area contributed by atoms with Crippen molar-refractivity contribution in [2.24, 2.45) is 10.7 Å². The molecule has 1 aromatic rings. The maximum absolute atomic E-state index is 10.6. The van der Waals surface area contributed by atoms with Crippen LogP contribution in [0.25, 0.3) is 0 Å². The molecule has 3 N–H and O–H groups in total. The second kappa shape index (κ2) is 3.43. The summed E-state index contributed by atoms with van der Waals surface area (Å²) in [7, 11) is 0. The van der Waals surface area contributed by atoms with Gasteiger partial charge in [0, 0.05) is 11.8 Å². The summed E-state index contributed by atoms with van der Waals surface area (Å²) >= 11 is 5.67. The van der Waals surface area contributed by atoms with E-state index >= 15 is 0 Å². The zero-order valence-corrected chi connectivity index (χ0v) is 8.10. The molecule has 7 heteroatoms. The van der Waals surface area contributed by atoms with E-state index < -0.39 is 6.29 Å². The van der Waals surface area contributed by atoms with Gasteiger partial charge in [-0.25, -0.2) is 14.2 Å². The highest BCUT2D eigenvalue weighted by Gasteiger charge is 2.31. The Kier molecular flexibility index (Phi) is 2.24. The maximum Gasteiger partial charge on any atom is 0.291 e. The number of furan rings is 1. The molecule has 1 aliphatic rings. The quantitative estimate of drug-likeness (QED) is 0.528. The molecule has 15 heavy (non-hydrogen) atoms. The van der Waals surface area contributed by atoms with Gasteiger partial charge in [-0.05, 0) is 6.07 Å². The van der Waals surface area contributed by atoms with Gasteiger partial charge in [0.15, 0.2) is 17.9 Å². The number of nitrogens with zero attached hydrogens (tertiary/aromatic N) is 2. The second-order valence-electron chi connectivity index (χ2n) is 2.79. The van der Waals surface area contributed by atoms with Gasteiger partial charge in [0.2, 0.25) is 0 Å². The summed E-state index contributed by atoms with van der Waals surface area (Å²) in [6.07, 6.45) is 0.394. The van der Waals surface area contributed by atoms with Crippen molar-refractivity contribution in [2.45, 2.75) is 6.29 Å². The summed E-state index contributed by atoms with van der Waals surface area (Å²) in [6, 6.07) is 1.45. The van der Waals surface area contributed by atoms with E-state index in [0.29, 0.717) is 0 Å². The van der Waals surface area contributed by atoms with Crippen LogP contribution < -0.4 is 5.73 Å². The van der Waals surface area contributed by atoms with Gasteiger partial charge in [-0.1, -0.05) is 0 Å². The summed E-state index contributed by atoms with van der Waals surface area (Å²) in [5, 5.41) is 9.30. The van der Waals surface area contributed by atoms with Crippen molar-refractivity contribution in [3.8, 4) is 5.95 Å². The SMILES string of the molecule is NC1N=C(c2ccoc2O)C(=C=O)N1Cl. The van der Waals surface area contributed by atoms with Crippen LogP contribution in [0.1, 0.15) is 5.56 Å². The van der Waals surface area contributed by atoms with E-state index in [1.54, 1.807) is 5.94 Å². The van der Waals surface area contributed by atoms with Crippen LogP contribution in [-0.4, -0.2) is 27.5 Å². The molecule has 1 aliphatic heterocycles. The minimum absolute atomic E-state index is 0.0270. The molecule has 2 rings (SSSR count). The normalized spacial score (nSPS) is 20.4. The third kappa shape index (κ3) is 1.41. The zero-order valence-electron chi connectivity index (χ0n) is 7.35. The Labute approximate surface area is 89.4 Å². The van der Waals surface area contributed by atoms with Crippen LogP contribution in [0.5, 0.6) is 5.95 Å². The molecule has 0 fully saturated rings. The number of rotatable bonds is 1. The molecular formula is C8H6ClN3O3. The van der Waals surface area contributed by atoms with Crippen molar-refractivity contribution < 1.29 is 14.3 Å². The average Bonchev–Trinajstić information content (AvgIpc) is 2.73. The molecule has 78 valence electrons. The smallest absolute Gasteiger partial charge is 0.291 e. The first-order valence-corrected chi connectivity index (χ1v) is 4.29. The van der Waals surface area contributed by atoms with Crippen molar-refractivity contribution in [2.75, 3.05) is 0 Å². The Morgan fingerprint density at radius 2 is 2.47 bits per heavy atom. The van der Waals surface area contributed by atoms with Gasteiger partial charge in [-0.3, -0.25) is 5.73 Å². The monoisotopic (exact) mass is 227 g/mol. The maximum atomic E-state index is 10.6. The van der Waals surface area contributed by atoms with Crippen molar-refractivity contribution in [1.82, 2.24) is 4.42 Å². The number of halogens is 1. The van der Waals surface area contributed by atoms with Gasteiger partial charge < -0.3 is 9.52 Å². The highest BCUT2D eigenvalue weighted by molar-refractivity contribution is 6.26. The Balaban J connectivity index is 2.51. The Morgan fingerprint density at radius 3 is 3.00 bits per heavy atom. The molecule has 0 aliphatic carbocycles. The lowest BCUT2D eigenvalue weighted by Crippen LogP contribution is -2.28. The summed E-state index contributed by atoms with van der Waals surface area (Å²) in [5.41, 5.74) is 5.88. The van der Waals surface area contributed by atoms with Gasteiger partial charge in [0.05, 0.1) is 11.8 Å². The highest BCUT2D eigenvalue weighted by Crippen LogP contribution is 2.28. The molecule has 0 saturated carbocycles. The van der Waals surface area contributed by atoms with Gasteiger partial charge >= 0.3 is 0 Å². The Hall–Kier alpha value is -1.75. The topological polar surface area (TPSA) is 92.1 Å².